The first-order valence-electron chi connectivity index (χ1n) is 7.32. The Morgan fingerprint density at radius 1 is 1.32 bits per heavy atom. The van der Waals surface area contributed by atoms with Gasteiger partial charge in [-0.25, -0.2) is 9.37 Å². The lowest BCUT2D eigenvalue weighted by molar-refractivity contribution is 0.256. The summed E-state index contributed by atoms with van der Waals surface area (Å²) in [5.74, 6) is 2.45. The van der Waals surface area contributed by atoms with Crippen LogP contribution in [0.2, 0.25) is 0 Å². The molecule has 2 heterocycles. The average molecular weight is 301 g/mol. The predicted molar refractivity (Wildman–Crippen MR) is 77.5 cm³/mol. The highest BCUT2D eigenvalue weighted by molar-refractivity contribution is 5.74. The van der Waals surface area contributed by atoms with Crippen LogP contribution in [0.5, 0.6) is 0 Å². The minimum atomic E-state index is -0.269. The highest BCUT2D eigenvalue weighted by Gasteiger charge is 2.28. The second-order valence-corrected chi connectivity index (χ2v) is 5.84. The first-order chi connectivity index (χ1) is 10.7. The van der Waals surface area contributed by atoms with E-state index in [4.69, 9.17) is 4.52 Å². The van der Waals surface area contributed by atoms with Crippen LogP contribution in [-0.2, 0) is 13.1 Å². The van der Waals surface area contributed by atoms with E-state index in [-0.39, 0.29) is 5.82 Å². The van der Waals surface area contributed by atoms with Crippen molar-refractivity contribution in [2.45, 2.75) is 31.8 Å². The van der Waals surface area contributed by atoms with Crippen molar-refractivity contribution in [2.24, 2.45) is 0 Å². The van der Waals surface area contributed by atoms with Gasteiger partial charge in [-0.2, -0.15) is 4.98 Å². The van der Waals surface area contributed by atoms with Gasteiger partial charge in [-0.15, -0.1) is 0 Å². The van der Waals surface area contributed by atoms with Gasteiger partial charge in [0.1, 0.15) is 11.6 Å². The molecule has 114 valence electrons. The number of fused-ring (bicyclic) bond motifs is 1. The first-order valence-corrected chi connectivity index (χ1v) is 7.32. The molecular formula is C15H16FN5O. The van der Waals surface area contributed by atoms with Crippen LogP contribution >= 0.6 is 0 Å². The van der Waals surface area contributed by atoms with Gasteiger partial charge in [0.15, 0.2) is 5.82 Å². The van der Waals surface area contributed by atoms with Gasteiger partial charge in [-0.1, -0.05) is 5.16 Å². The molecule has 3 aromatic rings. The van der Waals surface area contributed by atoms with Crippen molar-refractivity contribution in [3.8, 4) is 0 Å². The van der Waals surface area contributed by atoms with Crippen LogP contribution in [-0.4, -0.2) is 32.1 Å². The van der Waals surface area contributed by atoms with Crippen molar-refractivity contribution in [3.63, 3.8) is 0 Å². The highest BCUT2D eigenvalue weighted by atomic mass is 19.1. The van der Waals surface area contributed by atoms with Gasteiger partial charge < -0.3 is 9.51 Å². The van der Waals surface area contributed by atoms with E-state index in [1.54, 1.807) is 6.07 Å². The van der Waals surface area contributed by atoms with Gasteiger partial charge >= 0.3 is 0 Å². The van der Waals surface area contributed by atoms with Crippen molar-refractivity contribution in [1.82, 2.24) is 25.0 Å². The Labute approximate surface area is 126 Å². The molecule has 22 heavy (non-hydrogen) atoms. The molecule has 1 aliphatic rings. The van der Waals surface area contributed by atoms with Crippen molar-refractivity contribution < 1.29 is 8.91 Å². The lowest BCUT2D eigenvalue weighted by Crippen LogP contribution is -2.18. The first kappa shape index (κ1) is 13.4. The summed E-state index contributed by atoms with van der Waals surface area (Å²) in [7, 11) is 1.95. The molecule has 0 radical (unpaired) electrons. The van der Waals surface area contributed by atoms with Crippen molar-refractivity contribution in [1.29, 1.82) is 0 Å². The predicted octanol–water partition coefficient (Wildman–Crippen LogP) is 2.59. The van der Waals surface area contributed by atoms with Gasteiger partial charge in [-0.3, -0.25) is 4.90 Å². The Balaban J connectivity index is 1.44. The normalized spacial score (nSPS) is 15.0. The monoisotopic (exact) mass is 301 g/mol. The summed E-state index contributed by atoms with van der Waals surface area (Å²) in [6, 6.07) is 4.53. The maximum atomic E-state index is 13.2. The molecule has 1 fully saturated rings. The minimum absolute atomic E-state index is 0.269. The molecule has 0 atom stereocenters. The minimum Gasteiger partial charge on any atom is -0.341 e. The largest absolute Gasteiger partial charge is 0.341 e. The third-order valence-corrected chi connectivity index (χ3v) is 3.74. The Morgan fingerprint density at radius 2 is 2.18 bits per heavy atom. The van der Waals surface area contributed by atoms with Gasteiger partial charge in [0.2, 0.25) is 5.89 Å². The second-order valence-electron chi connectivity index (χ2n) is 5.84. The lowest BCUT2D eigenvalue weighted by atomic mass is 10.3. The summed E-state index contributed by atoms with van der Waals surface area (Å²) in [6.45, 7) is 1.16. The fourth-order valence-corrected chi connectivity index (χ4v) is 2.49. The summed E-state index contributed by atoms with van der Waals surface area (Å²) in [5.41, 5.74) is 1.47. The van der Waals surface area contributed by atoms with Crippen molar-refractivity contribution in [3.05, 3.63) is 41.6 Å². The van der Waals surface area contributed by atoms with E-state index in [2.05, 4.69) is 20.1 Å². The van der Waals surface area contributed by atoms with E-state index >= 15 is 0 Å². The standard InChI is InChI=1S/C15H16FN5O/c1-21(8-14-19-15(20-22-14)9-2-3-9)7-13-17-11-5-4-10(16)6-12(11)18-13/h4-6,9H,2-3,7-8H2,1H3,(H,17,18). The Morgan fingerprint density at radius 3 is 3.00 bits per heavy atom. The summed E-state index contributed by atoms with van der Waals surface area (Å²) >= 11 is 0. The van der Waals surface area contributed by atoms with E-state index in [0.29, 0.717) is 30.4 Å². The van der Waals surface area contributed by atoms with Gasteiger partial charge in [-0.05, 0) is 38.1 Å². The zero-order valence-electron chi connectivity index (χ0n) is 12.2. The zero-order valence-corrected chi connectivity index (χ0v) is 12.2. The fourth-order valence-electron chi connectivity index (χ4n) is 2.49. The Bertz CT molecular complexity index is 807. The topological polar surface area (TPSA) is 70.8 Å². The molecule has 2 aromatic heterocycles. The number of imidazole rings is 1. The summed E-state index contributed by atoms with van der Waals surface area (Å²) in [6.07, 6.45) is 2.31. The fraction of sp³-hybridized carbons (Fsp3) is 0.400. The number of hydrogen-bond donors (Lipinski definition) is 1. The molecular weight excluding hydrogens is 285 g/mol. The molecule has 4 rings (SSSR count). The molecule has 0 aliphatic heterocycles. The average Bonchev–Trinajstić information content (AvgIpc) is 3.10. The van der Waals surface area contributed by atoms with Crippen LogP contribution in [0.4, 0.5) is 4.39 Å². The third kappa shape index (κ3) is 2.71. The van der Waals surface area contributed by atoms with E-state index < -0.39 is 0 Å². The van der Waals surface area contributed by atoms with Gasteiger partial charge in [0, 0.05) is 5.92 Å². The van der Waals surface area contributed by atoms with Crippen LogP contribution in [0.1, 0.15) is 36.3 Å². The van der Waals surface area contributed by atoms with E-state index in [0.717, 1.165) is 30.0 Å². The van der Waals surface area contributed by atoms with Crippen LogP contribution in [0.15, 0.2) is 22.7 Å². The smallest absolute Gasteiger partial charge is 0.240 e. The molecule has 0 bridgehead atoms. The summed E-state index contributed by atoms with van der Waals surface area (Å²) < 4.78 is 18.4. The number of aromatic nitrogens is 4. The molecule has 7 heteroatoms. The number of H-pyrrole nitrogens is 1. The highest BCUT2D eigenvalue weighted by Crippen LogP contribution is 2.38. The van der Waals surface area contributed by atoms with Gasteiger partial charge in [0.05, 0.1) is 24.1 Å². The SMILES string of the molecule is CN(Cc1nc2ccc(F)cc2[nH]1)Cc1nc(C2CC2)no1. The van der Waals surface area contributed by atoms with Crippen molar-refractivity contribution in [2.75, 3.05) is 7.05 Å². The molecule has 1 aliphatic carbocycles. The Kier molecular flexibility index (Phi) is 3.15. The zero-order chi connectivity index (χ0) is 15.1. The summed E-state index contributed by atoms with van der Waals surface area (Å²) in [4.78, 5) is 14.0. The third-order valence-electron chi connectivity index (χ3n) is 3.74. The molecule has 1 N–H and O–H groups in total. The van der Waals surface area contributed by atoms with Crippen molar-refractivity contribution >= 4 is 11.0 Å². The Hall–Kier alpha value is -2.28. The molecule has 0 unspecified atom stereocenters. The number of rotatable bonds is 5. The van der Waals surface area contributed by atoms with E-state index in [1.165, 1.54) is 12.1 Å². The molecule has 0 spiro atoms. The number of nitrogens with one attached hydrogen (secondary N) is 1. The number of aromatic amines is 1. The molecule has 1 aromatic carbocycles. The second kappa shape index (κ2) is 5.17. The maximum absolute atomic E-state index is 13.2. The lowest BCUT2D eigenvalue weighted by Gasteiger charge is -2.11. The molecule has 6 nitrogen and oxygen atoms in total. The molecule has 0 saturated heterocycles. The van der Waals surface area contributed by atoms with Crippen LogP contribution in [0.25, 0.3) is 11.0 Å². The molecule has 0 amide bonds. The quantitative estimate of drug-likeness (QED) is 0.784. The van der Waals surface area contributed by atoms with Gasteiger partial charge in [0.25, 0.3) is 0 Å². The summed E-state index contributed by atoms with van der Waals surface area (Å²) in [5, 5.41) is 4.00. The maximum Gasteiger partial charge on any atom is 0.240 e. The van der Waals surface area contributed by atoms with E-state index in [9.17, 15) is 4.39 Å². The van der Waals surface area contributed by atoms with Crippen LogP contribution < -0.4 is 0 Å². The number of halogens is 1. The van der Waals surface area contributed by atoms with Crippen LogP contribution in [0.3, 0.4) is 0 Å². The number of nitrogens with zero attached hydrogens (tertiary/aromatic N) is 4. The van der Waals surface area contributed by atoms with E-state index in [1.807, 2.05) is 11.9 Å². The van der Waals surface area contributed by atoms with Crippen LogP contribution in [0, 0.1) is 5.82 Å². The molecule has 1 saturated carbocycles. The number of hydrogen-bond acceptors (Lipinski definition) is 5. The number of benzene rings is 1.